The van der Waals surface area contributed by atoms with Crippen LogP contribution in [0.1, 0.15) is 130 Å². The van der Waals surface area contributed by atoms with Crippen molar-refractivity contribution in [2.45, 2.75) is 149 Å². The molecule has 0 aromatic rings. The fourth-order valence-corrected chi connectivity index (χ4v) is 3.00. The molecule has 0 bridgehead atoms. The second kappa shape index (κ2) is 36.4. The second-order valence-electron chi connectivity index (χ2n) is 9.28. The van der Waals surface area contributed by atoms with E-state index in [4.69, 9.17) is 25.2 Å². The Bertz CT molecular complexity index is 383. The van der Waals surface area contributed by atoms with Gasteiger partial charge in [-0.15, -0.1) is 0 Å². The minimum Gasteiger partial charge on any atom is -0.550 e. The molecule has 0 radical (unpaired) electrons. The number of aliphatic hydroxyl groups is 4. The number of ether oxygens (including phenoxy) is 1. The van der Waals surface area contributed by atoms with E-state index in [-0.39, 0.29) is 55.3 Å². The first-order valence-corrected chi connectivity index (χ1v) is 13.6. The standard InChI is InChI=1S/C18H36O2.C6H14O3.C3H8O2.Na/c1-2-3-4-5-6-7-8-9-10-11-12-13-14-15-16-17-18(19)20;1-5(8)4-9-6(2)3-7;1-3(5)2-4;/h2-17H2,1H3,(H,19,20);5-8H,3-4H2,1-2H3;3-5H,2H2,1H3;/q;;;+1/p-1. The van der Waals surface area contributed by atoms with Crippen molar-refractivity contribution >= 4 is 5.97 Å². The number of hydrogen-bond donors (Lipinski definition) is 4. The number of unbranched alkanes of at least 4 members (excludes halogenated alkanes) is 14. The molecule has 3 atom stereocenters. The Hall–Kier alpha value is 0.270. The first-order valence-electron chi connectivity index (χ1n) is 13.6. The molecule has 0 spiro atoms. The number of carbonyl (C=O) groups excluding carboxylic acids is 1. The molecule has 7 nitrogen and oxygen atoms in total. The van der Waals surface area contributed by atoms with Crippen molar-refractivity contribution in [3.05, 3.63) is 0 Å². The van der Waals surface area contributed by atoms with Crippen LogP contribution >= 0.6 is 0 Å². The van der Waals surface area contributed by atoms with E-state index >= 15 is 0 Å². The van der Waals surface area contributed by atoms with Crippen molar-refractivity contribution in [3.8, 4) is 0 Å². The van der Waals surface area contributed by atoms with Gasteiger partial charge in [-0.05, 0) is 33.6 Å². The molecule has 0 saturated heterocycles. The van der Waals surface area contributed by atoms with Crippen LogP contribution in [-0.4, -0.2) is 64.5 Å². The van der Waals surface area contributed by atoms with Crippen LogP contribution in [0.2, 0.25) is 0 Å². The molecule has 3 unspecified atom stereocenters. The van der Waals surface area contributed by atoms with Crippen molar-refractivity contribution in [2.24, 2.45) is 0 Å². The van der Waals surface area contributed by atoms with Gasteiger partial charge in [-0.1, -0.05) is 96.8 Å². The summed E-state index contributed by atoms with van der Waals surface area (Å²) in [6.07, 6.45) is 18.7. The quantitative estimate of drug-likeness (QED) is 0.133. The van der Waals surface area contributed by atoms with Crippen LogP contribution in [0.3, 0.4) is 0 Å². The largest absolute Gasteiger partial charge is 1.00 e. The van der Waals surface area contributed by atoms with Gasteiger partial charge in [-0.25, -0.2) is 0 Å². The van der Waals surface area contributed by atoms with Gasteiger partial charge in [0.25, 0.3) is 0 Å². The van der Waals surface area contributed by atoms with Gasteiger partial charge in [-0.2, -0.15) is 0 Å². The predicted octanol–water partition coefficient (Wildman–Crippen LogP) is 1.13. The Morgan fingerprint density at radius 1 is 0.686 bits per heavy atom. The molecule has 208 valence electrons. The number of hydrogen-bond acceptors (Lipinski definition) is 7. The zero-order valence-electron chi connectivity index (χ0n) is 23.7. The van der Waals surface area contributed by atoms with Crippen LogP contribution in [0.15, 0.2) is 0 Å². The number of carboxylic acid groups (broad SMARTS) is 1. The number of aliphatic carboxylic acids is 1. The van der Waals surface area contributed by atoms with Crippen molar-refractivity contribution in [1.29, 1.82) is 0 Å². The summed E-state index contributed by atoms with van der Waals surface area (Å²) in [5, 5.41) is 43.4. The van der Waals surface area contributed by atoms with Gasteiger partial charge >= 0.3 is 29.6 Å². The molecule has 0 heterocycles. The van der Waals surface area contributed by atoms with Crippen LogP contribution in [0.4, 0.5) is 0 Å². The van der Waals surface area contributed by atoms with Crippen LogP contribution in [0.25, 0.3) is 0 Å². The van der Waals surface area contributed by atoms with E-state index in [1.165, 1.54) is 90.4 Å². The summed E-state index contributed by atoms with van der Waals surface area (Å²) in [6, 6.07) is 0. The van der Waals surface area contributed by atoms with Crippen LogP contribution in [0.5, 0.6) is 0 Å². The van der Waals surface area contributed by atoms with Gasteiger partial charge in [0.1, 0.15) is 0 Å². The molecule has 0 saturated carbocycles. The monoisotopic (exact) mass is 516 g/mol. The maximum atomic E-state index is 10.2. The van der Waals surface area contributed by atoms with E-state index in [1.54, 1.807) is 13.8 Å². The van der Waals surface area contributed by atoms with Gasteiger partial charge in [0.2, 0.25) is 0 Å². The van der Waals surface area contributed by atoms with E-state index in [2.05, 4.69) is 6.92 Å². The SMILES string of the molecule is CC(O)CO.CC(O)COC(C)CO.CCCCCCCCCCCCCCCCCC(=O)[O-].[Na+]. The number of rotatable bonds is 21. The molecule has 0 rings (SSSR count). The van der Waals surface area contributed by atoms with E-state index in [1.807, 2.05) is 0 Å². The summed E-state index contributed by atoms with van der Waals surface area (Å²) in [5.74, 6) is -0.903. The molecule has 0 aromatic heterocycles. The van der Waals surface area contributed by atoms with E-state index in [0.29, 0.717) is 6.61 Å². The minimum absolute atomic E-state index is 0. The Kier molecular flexibility index (Phi) is 44.1. The maximum absolute atomic E-state index is 10.2. The van der Waals surface area contributed by atoms with Crippen LogP contribution in [-0.2, 0) is 9.53 Å². The molecule has 35 heavy (non-hydrogen) atoms. The molecule has 0 aromatic carbocycles. The van der Waals surface area contributed by atoms with E-state index in [0.717, 1.165) is 12.8 Å². The molecular formula is C27H57NaO7. The van der Waals surface area contributed by atoms with Crippen LogP contribution < -0.4 is 34.7 Å². The molecule has 0 fully saturated rings. The average Bonchev–Trinajstić information content (AvgIpc) is 2.80. The smallest absolute Gasteiger partial charge is 0.550 e. The molecule has 0 aliphatic rings. The Labute approximate surface area is 238 Å². The summed E-state index contributed by atoms with van der Waals surface area (Å²) in [5.41, 5.74) is 0. The van der Waals surface area contributed by atoms with E-state index in [9.17, 15) is 9.90 Å². The number of carbonyl (C=O) groups is 1. The minimum atomic E-state index is -0.903. The Balaban J connectivity index is -0.000000265. The summed E-state index contributed by atoms with van der Waals surface area (Å²) in [4.78, 5) is 10.2. The maximum Gasteiger partial charge on any atom is 1.00 e. The molecule has 0 amide bonds. The molecule has 0 aliphatic heterocycles. The normalized spacial score (nSPS) is 12.8. The fraction of sp³-hybridized carbons (Fsp3) is 0.963. The number of carboxylic acids is 1. The first-order chi connectivity index (χ1) is 16.2. The van der Waals surface area contributed by atoms with Crippen molar-refractivity contribution in [1.82, 2.24) is 0 Å². The van der Waals surface area contributed by atoms with E-state index < -0.39 is 18.2 Å². The van der Waals surface area contributed by atoms with Crippen molar-refractivity contribution in [2.75, 3.05) is 19.8 Å². The van der Waals surface area contributed by atoms with Gasteiger partial charge in [0, 0.05) is 5.97 Å². The zero-order chi connectivity index (χ0) is 26.5. The third kappa shape index (κ3) is 51.7. The summed E-state index contributed by atoms with van der Waals surface area (Å²) < 4.78 is 4.95. The molecular weight excluding hydrogens is 459 g/mol. The third-order valence-electron chi connectivity index (χ3n) is 5.13. The third-order valence-corrected chi connectivity index (χ3v) is 5.13. The fourth-order valence-electron chi connectivity index (χ4n) is 3.00. The van der Waals surface area contributed by atoms with Crippen molar-refractivity contribution < 1.29 is 64.6 Å². The number of aliphatic hydroxyl groups excluding tert-OH is 4. The topological polar surface area (TPSA) is 130 Å². The Morgan fingerprint density at radius 3 is 1.29 bits per heavy atom. The van der Waals surface area contributed by atoms with Gasteiger partial charge < -0.3 is 35.1 Å². The predicted molar refractivity (Wildman–Crippen MR) is 138 cm³/mol. The second-order valence-corrected chi connectivity index (χ2v) is 9.28. The Morgan fingerprint density at radius 2 is 1.03 bits per heavy atom. The molecule has 4 N–H and O–H groups in total. The summed E-state index contributed by atoms with van der Waals surface area (Å²) in [7, 11) is 0. The van der Waals surface area contributed by atoms with Crippen LogP contribution in [0, 0.1) is 0 Å². The first kappa shape index (κ1) is 42.4. The van der Waals surface area contributed by atoms with Gasteiger partial charge in [0.05, 0.1) is 38.1 Å². The molecule has 0 aliphatic carbocycles. The summed E-state index contributed by atoms with van der Waals surface area (Å²) in [6.45, 7) is 7.35. The molecule has 8 heteroatoms. The summed E-state index contributed by atoms with van der Waals surface area (Å²) >= 11 is 0. The average molecular weight is 517 g/mol. The van der Waals surface area contributed by atoms with Gasteiger partial charge in [-0.3, -0.25) is 0 Å². The van der Waals surface area contributed by atoms with Crippen molar-refractivity contribution in [3.63, 3.8) is 0 Å². The van der Waals surface area contributed by atoms with Gasteiger partial charge in [0.15, 0.2) is 0 Å². The zero-order valence-corrected chi connectivity index (χ0v) is 25.7.